The van der Waals surface area contributed by atoms with E-state index in [4.69, 9.17) is 4.74 Å². The molecule has 0 aliphatic heterocycles. The van der Waals surface area contributed by atoms with E-state index in [9.17, 15) is 0 Å². The number of nitrogens with one attached hydrogen (secondary N) is 1. The number of hydrogen-bond acceptors (Lipinski definition) is 7. The summed E-state index contributed by atoms with van der Waals surface area (Å²) in [6.07, 6.45) is 1.57. The van der Waals surface area contributed by atoms with Gasteiger partial charge in [-0.05, 0) is 10.8 Å². The molecule has 0 amide bonds. The number of hydrogen-bond donors (Lipinski definition) is 1. The van der Waals surface area contributed by atoms with Crippen molar-refractivity contribution in [3.05, 3.63) is 42.0 Å². The Bertz CT molecular complexity index is 737. The molecule has 0 aliphatic rings. The molecular formula is C15H20N8O. The zero-order valence-electron chi connectivity index (χ0n) is 13.8. The highest BCUT2D eigenvalue weighted by Crippen LogP contribution is 2.15. The highest BCUT2D eigenvalue weighted by molar-refractivity contribution is 5.54. The van der Waals surface area contributed by atoms with Gasteiger partial charge in [-0.15, -0.1) is 10.2 Å². The number of nitrogens with zero attached hydrogens (tertiary/aromatic N) is 7. The van der Waals surface area contributed by atoms with Crippen molar-refractivity contribution in [2.24, 2.45) is 7.05 Å². The fourth-order valence-corrected chi connectivity index (χ4v) is 2.40. The maximum absolute atomic E-state index is 5.22. The molecule has 1 aromatic carbocycles. The Morgan fingerprint density at radius 2 is 2.04 bits per heavy atom. The predicted molar refractivity (Wildman–Crippen MR) is 86.6 cm³/mol. The summed E-state index contributed by atoms with van der Waals surface area (Å²) >= 11 is 0. The maximum atomic E-state index is 5.22. The molecule has 24 heavy (non-hydrogen) atoms. The topological polar surface area (TPSA) is 97.6 Å². The van der Waals surface area contributed by atoms with Crippen molar-refractivity contribution in [3.8, 4) is 11.4 Å². The Morgan fingerprint density at radius 3 is 2.67 bits per heavy atom. The number of benzene rings is 1. The maximum Gasteiger partial charge on any atom is 0.204 e. The lowest BCUT2D eigenvalue weighted by molar-refractivity contribution is 0.137. The van der Waals surface area contributed by atoms with E-state index in [0.717, 1.165) is 24.5 Å². The van der Waals surface area contributed by atoms with Crippen LogP contribution in [0.1, 0.15) is 11.4 Å². The monoisotopic (exact) mass is 328 g/mol. The molecule has 0 saturated carbocycles. The molecule has 3 rings (SSSR count). The van der Waals surface area contributed by atoms with Crippen molar-refractivity contribution in [1.82, 2.24) is 40.3 Å². The average Bonchev–Trinajstić information content (AvgIpc) is 3.26. The van der Waals surface area contributed by atoms with Crippen LogP contribution in [0.5, 0.6) is 0 Å². The zero-order chi connectivity index (χ0) is 16.8. The predicted octanol–water partition coefficient (Wildman–Crippen LogP) is 0.644. The van der Waals surface area contributed by atoms with Crippen LogP contribution in [0.25, 0.3) is 11.4 Å². The third-order valence-electron chi connectivity index (χ3n) is 3.75. The SMILES string of the molecule is COCCN(Cc1ccc(-c2nn[nH]n2)cc1)Cc1ncnn1C. The number of aromatic nitrogens is 7. The number of tetrazole rings is 1. The highest BCUT2D eigenvalue weighted by Gasteiger charge is 2.11. The number of aromatic amines is 1. The molecule has 0 fully saturated rings. The fraction of sp³-hybridized carbons (Fsp3) is 0.400. The first-order valence-electron chi connectivity index (χ1n) is 7.63. The summed E-state index contributed by atoms with van der Waals surface area (Å²) in [7, 11) is 3.61. The van der Waals surface area contributed by atoms with Crippen molar-refractivity contribution in [2.75, 3.05) is 20.3 Å². The molecule has 126 valence electrons. The van der Waals surface area contributed by atoms with Gasteiger partial charge in [0, 0.05) is 32.8 Å². The molecular weight excluding hydrogens is 308 g/mol. The van der Waals surface area contributed by atoms with E-state index >= 15 is 0 Å². The van der Waals surface area contributed by atoms with E-state index < -0.39 is 0 Å². The lowest BCUT2D eigenvalue weighted by Gasteiger charge is -2.21. The van der Waals surface area contributed by atoms with Crippen LogP contribution in [0.4, 0.5) is 0 Å². The summed E-state index contributed by atoms with van der Waals surface area (Å²) < 4.78 is 7.01. The van der Waals surface area contributed by atoms with E-state index in [1.807, 2.05) is 19.2 Å². The van der Waals surface area contributed by atoms with E-state index in [1.165, 1.54) is 5.56 Å². The van der Waals surface area contributed by atoms with Gasteiger partial charge in [-0.1, -0.05) is 24.3 Å². The van der Waals surface area contributed by atoms with E-state index in [1.54, 1.807) is 18.1 Å². The number of methoxy groups -OCH3 is 1. The minimum absolute atomic E-state index is 0.594. The molecule has 0 spiro atoms. The van der Waals surface area contributed by atoms with Gasteiger partial charge in [0.05, 0.1) is 13.2 Å². The molecule has 1 N–H and O–H groups in total. The number of ether oxygens (including phenoxy) is 1. The summed E-state index contributed by atoms with van der Waals surface area (Å²) in [6, 6.07) is 8.14. The summed E-state index contributed by atoms with van der Waals surface area (Å²) in [5, 5.41) is 18.1. The van der Waals surface area contributed by atoms with Gasteiger partial charge in [0.1, 0.15) is 12.2 Å². The van der Waals surface area contributed by atoms with Gasteiger partial charge in [0.15, 0.2) is 0 Å². The van der Waals surface area contributed by atoms with Crippen LogP contribution in [0, 0.1) is 0 Å². The second kappa shape index (κ2) is 7.75. The second-order valence-electron chi connectivity index (χ2n) is 5.44. The summed E-state index contributed by atoms with van der Waals surface area (Å²) in [5.74, 6) is 1.52. The van der Waals surface area contributed by atoms with Crippen LogP contribution in [-0.2, 0) is 24.9 Å². The van der Waals surface area contributed by atoms with Crippen molar-refractivity contribution >= 4 is 0 Å². The largest absolute Gasteiger partial charge is 0.383 e. The standard InChI is InChI=1S/C15H20N8O/c1-22-14(16-11-17-22)10-23(7-8-24-2)9-12-3-5-13(6-4-12)15-18-20-21-19-15/h3-6,11H,7-10H2,1-2H3,(H,18,19,20,21). The van der Waals surface area contributed by atoms with Gasteiger partial charge in [-0.3, -0.25) is 9.58 Å². The first-order valence-corrected chi connectivity index (χ1v) is 7.63. The zero-order valence-corrected chi connectivity index (χ0v) is 13.8. The Balaban J connectivity index is 1.68. The molecule has 2 aromatic heterocycles. The van der Waals surface area contributed by atoms with Gasteiger partial charge < -0.3 is 4.74 Å². The average molecular weight is 328 g/mol. The molecule has 3 aromatic rings. The second-order valence-corrected chi connectivity index (χ2v) is 5.44. The third kappa shape index (κ3) is 4.00. The summed E-state index contributed by atoms with van der Waals surface area (Å²) in [4.78, 5) is 6.57. The van der Waals surface area contributed by atoms with Crippen molar-refractivity contribution < 1.29 is 4.74 Å². The normalized spacial score (nSPS) is 11.3. The minimum Gasteiger partial charge on any atom is -0.383 e. The third-order valence-corrected chi connectivity index (χ3v) is 3.75. The number of rotatable bonds is 8. The first-order chi connectivity index (χ1) is 11.8. The number of aryl methyl sites for hydroxylation is 1. The molecule has 0 unspecified atom stereocenters. The Kier molecular flexibility index (Phi) is 5.24. The van der Waals surface area contributed by atoms with Crippen LogP contribution in [0.15, 0.2) is 30.6 Å². The van der Waals surface area contributed by atoms with Crippen molar-refractivity contribution in [2.45, 2.75) is 13.1 Å². The van der Waals surface area contributed by atoms with Crippen LogP contribution in [0.2, 0.25) is 0 Å². The lowest BCUT2D eigenvalue weighted by atomic mass is 10.1. The van der Waals surface area contributed by atoms with Gasteiger partial charge in [-0.25, -0.2) is 4.98 Å². The molecule has 9 heteroatoms. The van der Waals surface area contributed by atoms with Crippen LogP contribution in [0.3, 0.4) is 0 Å². The molecule has 9 nitrogen and oxygen atoms in total. The number of H-pyrrole nitrogens is 1. The quantitative estimate of drug-likeness (QED) is 0.648. The lowest BCUT2D eigenvalue weighted by Crippen LogP contribution is -2.28. The fourth-order valence-electron chi connectivity index (χ4n) is 2.40. The van der Waals surface area contributed by atoms with Crippen LogP contribution < -0.4 is 0 Å². The highest BCUT2D eigenvalue weighted by atomic mass is 16.5. The van der Waals surface area contributed by atoms with E-state index in [0.29, 0.717) is 19.0 Å². The Labute approximate surface area is 139 Å². The minimum atomic E-state index is 0.594. The molecule has 0 atom stereocenters. The van der Waals surface area contributed by atoms with Gasteiger partial charge >= 0.3 is 0 Å². The Morgan fingerprint density at radius 1 is 1.21 bits per heavy atom. The van der Waals surface area contributed by atoms with Crippen molar-refractivity contribution in [1.29, 1.82) is 0 Å². The van der Waals surface area contributed by atoms with Crippen molar-refractivity contribution in [3.63, 3.8) is 0 Å². The molecule has 2 heterocycles. The van der Waals surface area contributed by atoms with Gasteiger partial charge in [0.2, 0.25) is 5.82 Å². The molecule has 0 aliphatic carbocycles. The summed E-state index contributed by atoms with van der Waals surface area (Å²) in [6.45, 7) is 2.99. The van der Waals surface area contributed by atoms with Gasteiger partial charge in [0.25, 0.3) is 0 Å². The molecule has 0 bridgehead atoms. The molecule has 0 saturated heterocycles. The first kappa shape index (κ1) is 16.2. The molecule has 0 radical (unpaired) electrons. The van der Waals surface area contributed by atoms with Crippen LogP contribution in [-0.4, -0.2) is 60.5 Å². The summed E-state index contributed by atoms with van der Waals surface area (Å²) in [5.41, 5.74) is 2.13. The van der Waals surface area contributed by atoms with E-state index in [-0.39, 0.29) is 0 Å². The van der Waals surface area contributed by atoms with E-state index in [2.05, 4.69) is 47.7 Å². The Hall–Kier alpha value is -2.65. The van der Waals surface area contributed by atoms with Gasteiger partial charge in [-0.2, -0.15) is 10.3 Å². The smallest absolute Gasteiger partial charge is 0.204 e. The van der Waals surface area contributed by atoms with Crippen LogP contribution >= 0.6 is 0 Å².